The molecule has 0 spiro atoms. The molecule has 0 bridgehead atoms. The normalized spacial score (nSPS) is 19.7. The largest absolute Gasteiger partial charge is 0.376 e. The monoisotopic (exact) mass is 303 g/mol. The highest BCUT2D eigenvalue weighted by molar-refractivity contribution is 7.17. The first kappa shape index (κ1) is 15.0. The minimum absolute atomic E-state index is 0.0491. The second-order valence-electron chi connectivity index (χ2n) is 6.01. The molecule has 3 rings (SSSR count). The van der Waals surface area contributed by atoms with E-state index in [9.17, 15) is 0 Å². The van der Waals surface area contributed by atoms with Crippen molar-refractivity contribution in [3.05, 3.63) is 35.2 Å². The summed E-state index contributed by atoms with van der Waals surface area (Å²) in [5, 5.41) is 7.27. The molecule has 2 nitrogen and oxygen atoms in total. The second-order valence-corrected chi connectivity index (χ2v) is 6.92. The molecule has 1 saturated carbocycles. The van der Waals surface area contributed by atoms with Gasteiger partial charge in [0.25, 0.3) is 0 Å². The number of nitrogens with one attached hydrogen (secondary N) is 1. The molecule has 1 aliphatic rings. The Hall–Kier alpha value is -0.900. The fourth-order valence-electron chi connectivity index (χ4n) is 3.79. The lowest BCUT2D eigenvalue weighted by atomic mass is 9.76. The van der Waals surface area contributed by atoms with Crippen LogP contribution in [0.5, 0.6) is 0 Å². The number of rotatable bonds is 5. The SMILES string of the molecule is CCNC(c1cccc2ccsc12)C1(OC)CCCCC1. The quantitative estimate of drug-likeness (QED) is 0.848. The van der Waals surface area contributed by atoms with E-state index in [-0.39, 0.29) is 11.6 Å². The van der Waals surface area contributed by atoms with Crippen LogP contribution in [0.25, 0.3) is 10.1 Å². The summed E-state index contributed by atoms with van der Waals surface area (Å²) in [6.07, 6.45) is 6.20. The molecule has 1 N–H and O–H groups in total. The molecule has 2 aromatic rings. The van der Waals surface area contributed by atoms with Crippen LogP contribution in [0.2, 0.25) is 0 Å². The van der Waals surface area contributed by atoms with Crippen molar-refractivity contribution in [1.29, 1.82) is 0 Å². The van der Waals surface area contributed by atoms with E-state index < -0.39 is 0 Å². The van der Waals surface area contributed by atoms with Gasteiger partial charge in [0, 0.05) is 11.8 Å². The third-order valence-corrected chi connectivity index (χ3v) is 5.84. The smallest absolute Gasteiger partial charge is 0.0873 e. The predicted octanol–water partition coefficient (Wildman–Crippen LogP) is 4.90. The number of methoxy groups -OCH3 is 1. The van der Waals surface area contributed by atoms with E-state index in [0.717, 1.165) is 19.4 Å². The van der Waals surface area contributed by atoms with Crippen molar-refractivity contribution in [1.82, 2.24) is 5.32 Å². The van der Waals surface area contributed by atoms with Gasteiger partial charge in [-0.25, -0.2) is 0 Å². The Bertz CT molecular complexity index is 586. The minimum atomic E-state index is -0.0491. The minimum Gasteiger partial charge on any atom is -0.376 e. The summed E-state index contributed by atoms with van der Waals surface area (Å²) >= 11 is 1.85. The lowest BCUT2D eigenvalue weighted by Gasteiger charge is -2.43. The highest BCUT2D eigenvalue weighted by Gasteiger charge is 2.41. The third-order valence-electron chi connectivity index (χ3n) is 4.86. The van der Waals surface area contributed by atoms with E-state index in [0.29, 0.717) is 0 Å². The second kappa shape index (κ2) is 6.47. The summed E-state index contributed by atoms with van der Waals surface area (Å²) in [7, 11) is 1.89. The van der Waals surface area contributed by atoms with Crippen LogP contribution in [0.1, 0.15) is 50.6 Å². The van der Waals surface area contributed by atoms with Crippen LogP contribution < -0.4 is 5.32 Å². The lowest BCUT2D eigenvalue weighted by molar-refractivity contribution is -0.0680. The van der Waals surface area contributed by atoms with Gasteiger partial charge in [0.1, 0.15) is 0 Å². The molecule has 1 aliphatic carbocycles. The van der Waals surface area contributed by atoms with Gasteiger partial charge in [-0.1, -0.05) is 44.4 Å². The Morgan fingerprint density at radius 1 is 1.24 bits per heavy atom. The molecular formula is C18H25NOS. The maximum atomic E-state index is 6.12. The molecule has 0 aliphatic heterocycles. The van der Waals surface area contributed by atoms with Gasteiger partial charge in [-0.05, 0) is 41.8 Å². The molecule has 0 radical (unpaired) electrons. The van der Waals surface area contributed by atoms with Crippen LogP contribution in [0.3, 0.4) is 0 Å². The van der Waals surface area contributed by atoms with E-state index in [1.165, 1.54) is 34.9 Å². The highest BCUT2D eigenvalue weighted by atomic mass is 32.1. The summed E-state index contributed by atoms with van der Waals surface area (Å²) in [5.41, 5.74) is 1.36. The fourth-order valence-corrected chi connectivity index (χ4v) is 4.73. The summed E-state index contributed by atoms with van der Waals surface area (Å²) in [4.78, 5) is 0. The first-order chi connectivity index (χ1) is 10.3. The Labute approximate surface area is 131 Å². The van der Waals surface area contributed by atoms with Gasteiger partial charge >= 0.3 is 0 Å². The van der Waals surface area contributed by atoms with Crippen molar-refractivity contribution in [2.75, 3.05) is 13.7 Å². The number of hydrogen-bond donors (Lipinski definition) is 1. The number of likely N-dealkylation sites (N-methyl/N-ethyl adjacent to an activating group) is 1. The molecule has 21 heavy (non-hydrogen) atoms. The average Bonchev–Trinajstić information content (AvgIpc) is 3.02. The molecule has 0 saturated heterocycles. The Kier molecular flexibility index (Phi) is 4.63. The van der Waals surface area contributed by atoms with E-state index in [4.69, 9.17) is 4.74 Å². The average molecular weight is 303 g/mol. The third kappa shape index (κ3) is 2.75. The number of benzene rings is 1. The lowest BCUT2D eigenvalue weighted by Crippen LogP contribution is -2.47. The van der Waals surface area contributed by atoms with Crippen LogP contribution in [-0.4, -0.2) is 19.3 Å². The Morgan fingerprint density at radius 3 is 2.76 bits per heavy atom. The molecule has 1 fully saturated rings. The summed E-state index contributed by atoms with van der Waals surface area (Å²) < 4.78 is 7.52. The maximum Gasteiger partial charge on any atom is 0.0873 e. The Morgan fingerprint density at radius 2 is 2.05 bits per heavy atom. The zero-order valence-electron chi connectivity index (χ0n) is 13.0. The van der Waals surface area contributed by atoms with Gasteiger partial charge in [0.2, 0.25) is 0 Å². The molecule has 0 amide bonds. The molecule has 1 atom stereocenters. The van der Waals surface area contributed by atoms with E-state index in [2.05, 4.69) is 41.9 Å². The van der Waals surface area contributed by atoms with Crippen molar-refractivity contribution in [3.8, 4) is 0 Å². The maximum absolute atomic E-state index is 6.12. The highest BCUT2D eigenvalue weighted by Crippen LogP contribution is 2.43. The van der Waals surface area contributed by atoms with E-state index in [1.807, 2.05) is 18.4 Å². The number of hydrogen-bond acceptors (Lipinski definition) is 3. The van der Waals surface area contributed by atoms with Crippen LogP contribution in [0.15, 0.2) is 29.6 Å². The Balaban J connectivity index is 2.06. The molecule has 1 aromatic carbocycles. The molecule has 1 heterocycles. The van der Waals surface area contributed by atoms with Crippen molar-refractivity contribution >= 4 is 21.4 Å². The van der Waals surface area contributed by atoms with Crippen molar-refractivity contribution in [2.45, 2.75) is 50.7 Å². The standard InChI is InChI=1S/C18H25NOS/c1-3-19-17(18(20-2)11-5-4-6-12-18)15-9-7-8-14-10-13-21-16(14)15/h7-10,13,17,19H,3-6,11-12H2,1-2H3. The van der Waals surface area contributed by atoms with Gasteiger partial charge in [0.05, 0.1) is 11.6 Å². The fraction of sp³-hybridized carbons (Fsp3) is 0.556. The number of fused-ring (bicyclic) bond motifs is 1. The molecule has 114 valence electrons. The topological polar surface area (TPSA) is 21.3 Å². The summed E-state index contributed by atoms with van der Waals surface area (Å²) in [5.74, 6) is 0. The summed E-state index contributed by atoms with van der Waals surface area (Å²) in [6.45, 7) is 3.16. The van der Waals surface area contributed by atoms with Gasteiger partial charge in [-0.2, -0.15) is 0 Å². The predicted molar refractivity (Wildman–Crippen MR) is 91.1 cm³/mol. The zero-order valence-corrected chi connectivity index (χ0v) is 13.8. The van der Waals surface area contributed by atoms with Crippen molar-refractivity contribution in [2.24, 2.45) is 0 Å². The van der Waals surface area contributed by atoms with Crippen molar-refractivity contribution < 1.29 is 4.74 Å². The summed E-state index contributed by atoms with van der Waals surface area (Å²) in [6, 6.07) is 9.17. The van der Waals surface area contributed by atoms with Crippen molar-refractivity contribution in [3.63, 3.8) is 0 Å². The van der Waals surface area contributed by atoms with Crippen LogP contribution in [0, 0.1) is 0 Å². The van der Waals surface area contributed by atoms with Crippen LogP contribution in [-0.2, 0) is 4.74 Å². The number of ether oxygens (including phenoxy) is 1. The molecule has 1 unspecified atom stereocenters. The van der Waals surface area contributed by atoms with Gasteiger partial charge in [-0.15, -0.1) is 11.3 Å². The molecular weight excluding hydrogens is 278 g/mol. The van der Waals surface area contributed by atoms with Gasteiger partial charge < -0.3 is 10.1 Å². The molecule has 1 aromatic heterocycles. The van der Waals surface area contributed by atoms with Crippen LogP contribution in [0.4, 0.5) is 0 Å². The number of thiophene rings is 1. The van der Waals surface area contributed by atoms with E-state index >= 15 is 0 Å². The first-order valence-electron chi connectivity index (χ1n) is 8.05. The van der Waals surface area contributed by atoms with Gasteiger partial charge in [0.15, 0.2) is 0 Å². The first-order valence-corrected chi connectivity index (χ1v) is 8.93. The van der Waals surface area contributed by atoms with Gasteiger partial charge in [-0.3, -0.25) is 0 Å². The van der Waals surface area contributed by atoms with E-state index in [1.54, 1.807) is 0 Å². The zero-order chi connectivity index (χ0) is 14.7. The molecule has 3 heteroatoms. The van der Waals surface area contributed by atoms with Crippen LogP contribution >= 0.6 is 11.3 Å².